The molecule has 2 aliphatic rings. The van der Waals surface area contributed by atoms with Crippen molar-refractivity contribution in [3.05, 3.63) is 58.7 Å². The SMILES string of the molecule is CN=C(NCc1ccc(N2CCCC2)nc1)NCC1(c2cccc(Cl)c2)CC1.I. The minimum atomic E-state index is 0. The Kier molecular flexibility index (Phi) is 7.62. The van der Waals surface area contributed by atoms with E-state index >= 15 is 0 Å². The molecule has 0 spiro atoms. The summed E-state index contributed by atoms with van der Waals surface area (Å²) < 4.78 is 0. The normalized spacial score (nSPS) is 17.6. The third-order valence-electron chi connectivity index (χ3n) is 5.81. The summed E-state index contributed by atoms with van der Waals surface area (Å²) in [6.45, 7) is 3.81. The number of pyridine rings is 1. The Morgan fingerprint density at radius 3 is 2.59 bits per heavy atom. The topological polar surface area (TPSA) is 52.6 Å². The molecule has 7 heteroatoms. The molecule has 0 radical (unpaired) electrons. The molecule has 0 atom stereocenters. The Balaban J connectivity index is 0.00000240. The molecule has 2 aromatic rings. The first kappa shape index (κ1) is 22.2. The molecular weight excluding hydrogens is 497 g/mol. The van der Waals surface area contributed by atoms with Gasteiger partial charge >= 0.3 is 0 Å². The summed E-state index contributed by atoms with van der Waals surface area (Å²) in [5.41, 5.74) is 2.65. The smallest absolute Gasteiger partial charge is 0.191 e. The molecule has 5 nitrogen and oxygen atoms in total. The number of guanidine groups is 1. The first-order valence-corrected chi connectivity index (χ1v) is 10.5. The Hall–Kier alpha value is -1.54. The molecule has 29 heavy (non-hydrogen) atoms. The number of hydrogen-bond acceptors (Lipinski definition) is 3. The van der Waals surface area contributed by atoms with Crippen LogP contribution in [-0.2, 0) is 12.0 Å². The molecule has 2 fully saturated rings. The number of aromatic nitrogens is 1. The third kappa shape index (κ3) is 5.54. The highest BCUT2D eigenvalue weighted by molar-refractivity contribution is 14.0. The standard InChI is InChI=1S/C22H28ClN5.HI/c1-24-21(27-16-22(9-10-22)18-5-4-6-19(23)13-18)26-15-17-7-8-20(25-14-17)28-11-2-3-12-28;/h4-8,13-14H,2-3,9-12,15-16H2,1H3,(H2,24,26,27);1H. The van der Waals surface area contributed by atoms with Crippen LogP contribution in [0.2, 0.25) is 5.02 Å². The van der Waals surface area contributed by atoms with E-state index < -0.39 is 0 Å². The Morgan fingerprint density at radius 1 is 1.17 bits per heavy atom. The third-order valence-corrected chi connectivity index (χ3v) is 6.04. The van der Waals surface area contributed by atoms with Crippen molar-refractivity contribution in [3.8, 4) is 0 Å². The van der Waals surface area contributed by atoms with E-state index in [0.29, 0.717) is 6.54 Å². The fourth-order valence-corrected chi connectivity index (χ4v) is 4.04. The van der Waals surface area contributed by atoms with Crippen molar-refractivity contribution < 1.29 is 0 Å². The molecule has 1 aromatic carbocycles. The van der Waals surface area contributed by atoms with Crippen LogP contribution in [0.3, 0.4) is 0 Å². The number of nitrogens with one attached hydrogen (secondary N) is 2. The van der Waals surface area contributed by atoms with Crippen LogP contribution in [0, 0.1) is 0 Å². The number of anilines is 1. The maximum Gasteiger partial charge on any atom is 0.191 e. The van der Waals surface area contributed by atoms with Gasteiger partial charge in [0.15, 0.2) is 5.96 Å². The average Bonchev–Trinajstić information content (AvgIpc) is 3.32. The summed E-state index contributed by atoms with van der Waals surface area (Å²) in [6, 6.07) is 12.5. The summed E-state index contributed by atoms with van der Waals surface area (Å²) in [4.78, 5) is 11.3. The summed E-state index contributed by atoms with van der Waals surface area (Å²) in [7, 11) is 1.81. The van der Waals surface area contributed by atoms with E-state index in [1.54, 1.807) is 0 Å². The molecule has 1 saturated carbocycles. The van der Waals surface area contributed by atoms with Crippen LogP contribution in [0.1, 0.15) is 36.8 Å². The van der Waals surface area contributed by atoms with Gasteiger partial charge in [0.1, 0.15) is 5.82 Å². The molecule has 2 N–H and O–H groups in total. The second-order valence-electron chi connectivity index (χ2n) is 7.79. The van der Waals surface area contributed by atoms with Crippen LogP contribution < -0.4 is 15.5 Å². The summed E-state index contributed by atoms with van der Waals surface area (Å²) in [5, 5.41) is 7.68. The number of halogens is 2. The largest absolute Gasteiger partial charge is 0.357 e. The zero-order chi connectivity index (χ0) is 19.4. The molecule has 0 amide bonds. The Labute approximate surface area is 195 Å². The van der Waals surface area contributed by atoms with Gasteiger partial charge in [-0.15, -0.1) is 24.0 Å². The predicted octanol–water partition coefficient (Wildman–Crippen LogP) is 4.35. The van der Waals surface area contributed by atoms with Crippen LogP contribution in [0.4, 0.5) is 5.82 Å². The highest BCUT2D eigenvalue weighted by Gasteiger charge is 2.44. The van der Waals surface area contributed by atoms with Gasteiger partial charge in [-0.3, -0.25) is 4.99 Å². The molecule has 1 aliphatic carbocycles. The van der Waals surface area contributed by atoms with Gasteiger partial charge in [0.05, 0.1) is 0 Å². The van der Waals surface area contributed by atoms with Gasteiger partial charge in [0.25, 0.3) is 0 Å². The van der Waals surface area contributed by atoms with E-state index in [1.165, 1.54) is 31.2 Å². The number of rotatable bonds is 6. The highest BCUT2D eigenvalue weighted by Crippen LogP contribution is 2.48. The van der Waals surface area contributed by atoms with Crippen LogP contribution in [0.25, 0.3) is 0 Å². The van der Waals surface area contributed by atoms with Crippen molar-refractivity contribution in [2.45, 2.75) is 37.6 Å². The van der Waals surface area contributed by atoms with Gasteiger partial charge in [-0.05, 0) is 55.0 Å². The predicted molar refractivity (Wildman–Crippen MR) is 132 cm³/mol. The first-order valence-electron chi connectivity index (χ1n) is 10.1. The summed E-state index contributed by atoms with van der Waals surface area (Å²) >= 11 is 6.17. The quantitative estimate of drug-likeness (QED) is 0.335. The molecular formula is C22H29ClIN5. The van der Waals surface area contributed by atoms with Crippen LogP contribution in [-0.4, -0.2) is 37.6 Å². The van der Waals surface area contributed by atoms with Gasteiger partial charge in [-0.1, -0.05) is 29.8 Å². The van der Waals surface area contributed by atoms with Crippen molar-refractivity contribution in [3.63, 3.8) is 0 Å². The van der Waals surface area contributed by atoms with Gasteiger partial charge < -0.3 is 15.5 Å². The minimum Gasteiger partial charge on any atom is -0.357 e. The van der Waals surface area contributed by atoms with E-state index in [2.05, 4.69) is 49.8 Å². The minimum absolute atomic E-state index is 0. The van der Waals surface area contributed by atoms with Crippen molar-refractivity contribution >= 4 is 47.4 Å². The fourth-order valence-electron chi connectivity index (χ4n) is 3.85. The number of nitrogens with zero attached hydrogens (tertiary/aromatic N) is 3. The number of aliphatic imine (C=N–C) groups is 1. The maximum absolute atomic E-state index is 6.17. The molecule has 156 valence electrons. The van der Waals surface area contributed by atoms with Crippen molar-refractivity contribution in [2.24, 2.45) is 4.99 Å². The van der Waals surface area contributed by atoms with E-state index in [1.807, 2.05) is 25.4 Å². The fraction of sp³-hybridized carbons (Fsp3) is 0.455. The lowest BCUT2D eigenvalue weighted by molar-refractivity contribution is 0.645. The molecule has 2 heterocycles. The number of hydrogen-bond donors (Lipinski definition) is 2. The summed E-state index contributed by atoms with van der Waals surface area (Å²) in [6.07, 6.45) is 6.86. The number of benzene rings is 1. The Bertz CT molecular complexity index is 829. The van der Waals surface area contributed by atoms with E-state index in [0.717, 1.165) is 42.0 Å². The Morgan fingerprint density at radius 2 is 1.97 bits per heavy atom. The van der Waals surface area contributed by atoms with Crippen LogP contribution in [0.15, 0.2) is 47.6 Å². The summed E-state index contributed by atoms with van der Waals surface area (Å²) in [5.74, 6) is 1.90. The lowest BCUT2D eigenvalue weighted by Crippen LogP contribution is -2.40. The molecule has 4 rings (SSSR count). The van der Waals surface area contributed by atoms with Gasteiger partial charge in [0.2, 0.25) is 0 Å². The molecule has 0 bridgehead atoms. The second kappa shape index (κ2) is 9.98. The monoisotopic (exact) mass is 525 g/mol. The molecule has 0 unspecified atom stereocenters. The van der Waals surface area contributed by atoms with Crippen LogP contribution in [0.5, 0.6) is 0 Å². The van der Waals surface area contributed by atoms with Crippen molar-refractivity contribution in [1.82, 2.24) is 15.6 Å². The van der Waals surface area contributed by atoms with Crippen LogP contribution >= 0.6 is 35.6 Å². The van der Waals surface area contributed by atoms with Gasteiger partial charge in [-0.25, -0.2) is 4.98 Å². The van der Waals surface area contributed by atoms with E-state index in [-0.39, 0.29) is 29.4 Å². The lowest BCUT2D eigenvalue weighted by Gasteiger charge is -2.19. The molecule has 1 aliphatic heterocycles. The first-order chi connectivity index (χ1) is 13.7. The van der Waals surface area contributed by atoms with Gasteiger partial charge in [0, 0.05) is 49.9 Å². The average molecular weight is 526 g/mol. The molecule has 1 aromatic heterocycles. The maximum atomic E-state index is 6.17. The lowest BCUT2D eigenvalue weighted by atomic mass is 9.96. The van der Waals surface area contributed by atoms with Crippen molar-refractivity contribution in [1.29, 1.82) is 0 Å². The zero-order valence-corrected chi connectivity index (χ0v) is 19.9. The highest BCUT2D eigenvalue weighted by atomic mass is 127. The molecule has 1 saturated heterocycles. The van der Waals surface area contributed by atoms with E-state index in [4.69, 9.17) is 11.6 Å². The zero-order valence-electron chi connectivity index (χ0n) is 16.8. The second-order valence-corrected chi connectivity index (χ2v) is 8.23. The van der Waals surface area contributed by atoms with Gasteiger partial charge in [-0.2, -0.15) is 0 Å². The van der Waals surface area contributed by atoms with Crippen molar-refractivity contribution in [2.75, 3.05) is 31.6 Å². The van der Waals surface area contributed by atoms with E-state index in [9.17, 15) is 0 Å².